The molecule has 1 atom stereocenters. The molecule has 2 N–H and O–H groups in total. The summed E-state index contributed by atoms with van der Waals surface area (Å²) in [5.41, 5.74) is 5.55. The van der Waals surface area contributed by atoms with Crippen LogP contribution in [0.5, 0.6) is 0 Å². The quantitative estimate of drug-likeness (QED) is 0.319. The molecule has 0 amide bonds. The van der Waals surface area contributed by atoms with E-state index < -0.39 is 6.04 Å². The Kier molecular flexibility index (Phi) is 11.3. The Morgan fingerprint density at radius 1 is 1.67 bits per heavy atom. The minimum atomic E-state index is -0.495. The lowest BCUT2D eigenvalue weighted by Crippen LogP contribution is -2.33. The normalized spacial score (nSPS) is 10.7. The molecule has 15 heavy (non-hydrogen) atoms. The molecule has 0 heterocycles. The molecule has 0 radical (unpaired) electrons. The Bertz CT molecular complexity index is 221. The Morgan fingerprint density at radius 3 is 2.47 bits per heavy atom. The second-order valence-electron chi connectivity index (χ2n) is 3.25. The standard InChI is InChI=1S/C9H17NO2.CNO/c1-4-5-12-9(11)8(10)6-7(2)3;2-1-3/h4,7-8H,1,5-6,10H2,2-3H3;/q;-1/t8-;/m0./s1. The van der Waals surface area contributed by atoms with Gasteiger partial charge in [-0.15, -0.1) is 0 Å². The first-order valence-electron chi connectivity index (χ1n) is 4.53. The third-order valence-corrected chi connectivity index (χ3v) is 1.37. The van der Waals surface area contributed by atoms with Crippen molar-refractivity contribution in [1.82, 2.24) is 0 Å². The van der Waals surface area contributed by atoms with E-state index in [1.54, 1.807) is 0 Å². The van der Waals surface area contributed by atoms with Crippen molar-refractivity contribution in [3.05, 3.63) is 18.1 Å². The Hall–Kier alpha value is -1.45. The van der Waals surface area contributed by atoms with Gasteiger partial charge >= 0.3 is 5.97 Å². The Morgan fingerprint density at radius 2 is 2.13 bits per heavy atom. The number of esters is 1. The fourth-order valence-corrected chi connectivity index (χ4v) is 0.852. The van der Waals surface area contributed by atoms with Crippen LogP contribution in [0.2, 0.25) is 0 Å². The molecule has 0 spiro atoms. The summed E-state index contributed by atoms with van der Waals surface area (Å²) >= 11 is 0. The molecule has 0 fully saturated rings. The maximum atomic E-state index is 11.0. The van der Waals surface area contributed by atoms with Gasteiger partial charge in [0.15, 0.2) is 0 Å². The lowest BCUT2D eigenvalue weighted by Gasteiger charge is -2.11. The second-order valence-corrected chi connectivity index (χ2v) is 3.25. The van der Waals surface area contributed by atoms with Gasteiger partial charge in [0.25, 0.3) is 0 Å². The molecule has 0 aliphatic heterocycles. The number of hydrogen-bond acceptors (Lipinski definition) is 4. The third kappa shape index (κ3) is 12.5. The third-order valence-electron chi connectivity index (χ3n) is 1.37. The zero-order valence-corrected chi connectivity index (χ0v) is 9.10. The lowest BCUT2D eigenvalue weighted by atomic mass is 10.1. The number of ether oxygens (including phenoxy) is 1. The first-order chi connectivity index (χ1) is 6.99. The minimum absolute atomic E-state index is 0.241. The highest BCUT2D eigenvalue weighted by atomic mass is 16.5. The van der Waals surface area contributed by atoms with Crippen LogP contribution < -0.4 is 5.73 Å². The van der Waals surface area contributed by atoms with Crippen molar-refractivity contribution in [2.45, 2.75) is 26.3 Å². The van der Waals surface area contributed by atoms with Crippen molar-refractivity contribution in [2.24, 2.45) is 11.7 Å². The van der Waals surface area contributed by atoms with Crippen LogP contribution in [0.1, 0.15) is 20.3 Å². The summed E-state index contributed by atoms with van der Waals surface area (Å²) in [5, 5.41) is 6.76. The molecule has 86 valence electrons. The summed E-state index contributed by atoms with van der Waals surface area (Å²) in [6, 6.07) is -0.495. The van der Waals surface area contributed by atoms with Crippen LogP contribution in [0.4, 0.5) is 0 Å². The summed E-state index contributed by atoms with van der Waals surface area (Å²) in [6.45, 7) is 7.70. The second kappa shape index (κ2) is 10.6. The monoisotopic (exact) mass is 213 g/mol. The minimum Gasteiger partial charge on any atom is -0.724 e. The van der Waals surface area contributed by atoms with Gasteiger partial charge < -0.3 is 15.9 Å². The number of nitrogens with two attached hydrogens (primary N) is 1. The summed E-state index contributed by atoms with van der Waals surface area (Å²) < 4.78 is 4.77. The van der Waals surface area contributed by atoms with Crippen LogP contribution in [-0.4, -0.2) is 24.7 Å². The fraction of sp³-hybridized carbons (Fsp3) is 0.600. The number of carbonyl (C=O) groups is 1. The molecule has 5 nitrogen and oxygen atoms in total. The zero-order chi connectivity index (χ0) is 12.3. The maximum absolute atomic E-state index is 11.0. The van der Waals surface area contributed by atoms with Crippen molar-refractivity contribution >= 4 is 12.0 Å². The summed E-state index contributed by atoms with van der Waals surface area (Å²) in [7, 11) is 0. The summed E-state index contributed by atoms with van der Waals surface area (Å²) in [4.78, 5) is 19.3. The molecule has 0 aromatic carbocycles. The Labute approximate surface area is 89.8 Å². The average molecular weight is 213 g/mol. The fourth-order valence-electron chi connectivity index (χ4n) is 0.852. The molecule has 0 rings (SSSR count). The number of nitrogens with zero attached hydrogens (tertiary/aromatic N) is 1. The van der Waals surface area contributed by atoms with E-state index in [-0.39, 0.29) is 12.6 Å². The molecule has 0 aliphatic carbocycles. The molecule has 0 unspecified atom stereocenters. The Balaban J connectivity index is 0. The van der Waals surface area contributed by atoms with E-state index >= 15 is 0 Å². The van der Waals surface area contributed by atoms with Crippen molar-refractivity contribution < 1.29 is 14.3 Å². The first-order valence-corrected chi connectivity index (χ1v) is 4.53. The highest BCUT2D eigenvalue weighted by Gasteiger charge is 2.15. The van der Waals surface area contributed by atoms with Crippen LogP contribution in [0.15, 0.2) is 12.7 Å². The molecular formula is C10H17N2O3-. The molecule has 0 aliphatic rings. The van der Waals surface area contributed by atoms with Crippen LogP contribution in [0.3, 0.4) is 0 Å². The van der Waals surface area contributed by atoms with Crippen molar-refractivity contribution in [2.75, 3.05) is 6.61 Å². The van der Waals surface area contributed by atoms with Gasteiger partial charge in [-0.2, -0.15) is 0 Å². The molecular weight excluding hydrogens is 196 g/mol. The van der Waals surface area contributed by atoms with Crippen molar-refractivity contribution in [3.63, 3.8) is 0 Å². The van der Waals surface area contributed by atoms with E-state index in [4.69, 9.17) is 20.7 Å². The van der Waals surface area contributed by atoms with Crippen LogP contribution in [0.25, 0.3) is 5.41 Å². The summed E-state index contributed by atoms with van der Waals surface area (Å²) in [5.74, 6) is 0.0693. The SMILES string of the molecule is C=CCOC(=O)[C@@H](N)CC(C)C.[N-]=C=O. The number of rotatable bonds is 5. The van der Waals surface area contributed by atoms with E-state index in [1.165, 1.54) is 6.08 Å². The van der Waals surface area contributed by atoms with Gasteiger partial charge in [0.1, 0.15) is 12.6 Å². The molecule has 5 heteroatoms. The van der Waals surface area contributed by atoms with Crippen LogP contribution in [0, 0.1) is 5.92 Å². The van der Waals surface area contributed by atoms with E-state index in [2.05, 4.69) is 6.58 Å². The van der Waals surface area contributed by atoms with Crippen LogP contribution >= 0.6 is 0 Å². The van der Waals surface area contributed by atoms with Gasteiger partial charge in [0.05, 0.1) is 0 Å². The van der Waals surface area contributed by atoms with Crippen molar-refractivity contribution in [1.29, 1.82) is 0 Å². The zero-order valence-electron chi connectivity index (χ0n) is 9.10. The van der Waals surface area contributed by atoms with E-state index in [9.17, 15) is 4.79 Å². The largest absolute Gasteiger partial charge is 0.724 e. The van der Waals surface area contributed by atoms with E-state index in [0.29, 0.717) is 18.4 Å². The van der Waals surface area contributed by atoms with Gasteiger partial charge in [-0.05, 0) is 18.4 Å². The van der Waals surface area contributed by atoms with Gasteiger partial charge in [0, 0.05) is 0 Å². The average Bonchev–Trinajstić information content (AvgIpc) is 2.14. The smallest absolute Gasteiger partial charge is 0.323 e. The van der Waals surface area contributed by atoms with Gasteiger partial charge in [-0.25, -0.2) is 0 Å². The van der Waals surface area contributed by atoms with Crippen molar-refractivity contribution in [3.8, 4) is 0 Å². The number of carbonyl (C=O) groups excluding carboxylic acids is 2. The molecule has 0 aromatic rings. The molecule has 0 aromatic heterocycles. The van der Waals surface area contributed by atoms with Crippen LogP contribution in [-0.2, 0) is 14.3 Å². The number of isocyanates is 1. The molecule has 0 bridgehead atoms. The van der Waals surface area contributed by atoms with E-state index in [1.807, 2.05) is 13.8 Å². The molecule has 0 saturated carbocycles. The summed E-state index contributed by atoms with van der Waals surface area (Å²) in [6.07, 6.45) is 2.69. The maximum Gasteiger partial charge on any atom is 0.323 e. The predicted molar refractivity (Wildman–Crippen MR) is 57.6 cm³/mol. The first kappa shape index (κ1) is 16.0. The van der Waals surface area contributed by atoms with E-state index in [0.717, 1.165) is 0 Å². The predicted octanol–water partition coefficient (Wildman–Crippen LogP) is 0.981. The topological polar surface area (TPSA) is 91.7 Å². The molecule has 0 saturated heterocycles. The van der Waals surface area contributed by atoms with Gasteiger partial charge in [0.2, 0.25) is 0 Å². The number of hydrogen-bond donors (Lipinski definition) is 1. The van der Waals surface area contributed by atoms with Gasteiger partial charge in [-0.3, -0.25) is 9.59 Å². The highest BCUT2D eigenvalue weighted by molar-refractivity contribution is 5.75. The van der Waals surface area contributed by atoms with Gasteiger partial charge in [-0.1, -0.05) is 26.5 Å². The highest BCUT2D eigenvalue weighted by Crippen LogP contribution is 2.03. The lowest BCUT2D eigenvalue weighted by molar-refractivity contribution is -0.144.